The molecule has 0 aromatic heterocycles. The number of benzene rings is 2. The topological polar surface area (TPSA) is 67.4 Å². The van der Waals surface area contributed by atoms with Crippen molar-refractivity contribution in [2.75, 3.05) is 12.4 Å². The highest BCUT2D eigenvalue weighted by Gasteiger charge is 2.48. The predicted octanol–water partition coefficient (Wildman–Crippen LogP) is 3.55. The molecular formula is C20H21ClN2O3. The molecule has 2 atom stereocenters. The highest BCUT2D eigenvalue weighted by atomic mass is 35.5. The maximum Gasteiger partial charge on any atom is 0.228 e. The van der Waals surface area contributed by atoms with Crippen LogP contribution in [0.1, 0.15) is 17.5 Å². The Hall–Kier alpha value is -2.53. The average Bonchev–Trinajstić information content (AvgIpc) is 3.45. The highest BCUT2D eigenvalue weighted by Crippen LogP contribution is 2.40. The summed E-state index contributed by atoms with van der Waals surface area (Å²) in [6, 6.07) is 12.9. The minimum Gasteiger partial charge on any atom is -0.497 e. The van der Waals surface area contributed by atoms with Gasteiger partial charge in [0.25, 0.3) is 0 Å². The number of rotatable bonds is 6. The number of hydrogen-bond acceptors (Lipinski definition) is 3. The fraction of sp³-hybridized carbons (Fsp3) is 0.300. The molecule has 0 bridgehead atoms. The van der Waals surface area contributed by atoms with E-state index in [1.807, 2.05) is 31.2 Å². The van der Waals surface area contributed by atoms with Crippen LogP contribution >= 0.6 is 11.6 Å². The molecule has 0 saturated heterocycles. The highest BCUT2D eigenvalue weighted by molar-refractivity contribution is 6.31. The van der Waals surface area contributed by atoms with Gasteiger partial charge in [-0.05, 0) is 48.7 Å². The van der Waals surface area contributed by atoms with E-state index in [9.17, 15) is 9.59 Å². The van der Waals surface area contributed by atoms with Crippen molar-refractivity contribution in [3.8, 4) is 5.75 Å². The van der Waals surface area contributed by atoms with Gasteiger partial charge in [-0.25, -0.2) is 0 Å². The van der Waals surface area contributed by atoms with Gasteiger partial charge >= 0.3 is 0 Å². The molecule has 26 heavy (non-hydrogen) atoms. The Morgan fingerprint density at radius 2 is 1.81 bits per heavy atom. The first-order valence-corrected chi connectivity index (χ1v) is 8.84. The molecule has 0 aliphatic heterocycles. The van der Waals surface area contributed by atoms with Crippen molar-refractivity contribution >= 4 is 29.1 Å². The van der Waals surface area contributed by atoms with Crippen molar-refractivity contribution < 1.29 is 14.3 Å². The number of halogens is 1. The first-order chi connectivity index (χ1) is 12.5. The maximum atomic E-state index is 12.3. The van der Waals surface area contributed by atoms with Crippen molar-refractivity contribution in [2.45, 2.75) is 19.9 Å². The number of carbonyl (C=O) groups is 2. The molecular weight excluding hydrogens is 352 g/mol. The zero-order chi connectivity index (χ0) is 18.7. The second kappa shape index (κ2) is 7.79. The SMILES string of the molecule is COc1ccc(CNC(=O)C2CC2C(=O)Nc2cccc(Cl)c2C)cc1. The van der Waals surface area contributed by atoms with E-state index in [4.69, 9.17) is 16.3 Å². The van der Waals surface area contributed by atoms with Gasteiger partial charge in [0.2, 0.25) is 11.8 Å². The summed E-state index contributed by atoms with van der Waals surface area (Å²) in [6.07, 6.45) is 0.569. The summed E-state index contributed by atoms with van der Waals surface area (Å²) in [5.41, 5.74) is 2.49. The lowest BCUT2D eigenvalue weighted by atomic mass is 10.2. The van der Waals surface area contributed by atoms with Crippen LogP contribution in [0.4, 0.5) is 5.69 Å². The van der Waals surface area contributed by atoms with Gasteiger partial charge in [-0.3, -0.25) is 9.59 Å². The summed E-state index contributed by atoms with van der Waals surface area (Å²) in [7, 11) is 1.61. The fourth-order valence-corrected chi connectivity index (χ4v) is 2.98. The third kappa shape index (κ3) is 4.17. The molecule has 1 saturated carbocycles. The van der Waals surface area contributed by atoms with Gasteiger partial charge in [0.15, 0.2) is 0 Å². The third-order valence-corrected chi connectivity index (χ3v) is 5.02. The Balaban J connectivity index is 1.50. The van der Waals surface area contributed by atoms with Crippen LogP contribution in [0.3, 0.4) is 0 Å². The zero-order valence-electron chi connectivity index (χ0n) is 14.7. The van der Waals surface area contributed by atoms with Crippen LogP contribution < -0.4 is 15.4 Å². The number of anilines is 1. The summed E-state index contributed by atoms with van der Waals surface area (Å²) in [4.78, 5) is 24.6. The minimum absolute atomic E-state index is 0.0937. The Morgan fingerprint density at radius 1 is 1.12 bits per heavy atom. The second-order valence-corrected chi connectivity index (χ2v) is 6.82. The van der Waals surface area contributed by atoms with Crippen molar-refractivity contribution in [3.63, 3.8) is 0 Å². The molecule has 2 unspecified atom stereocenters. The summed E-state index contributed by atoms with van der Waals surface area (Å²) in [6.45, 7) is 2.28. The number of ether oxygens (including phenoxy) is 1. The van der Waals surface area contributed by atoms with Crippen LogP contribution in [0.2, 0.25) is 5.02 Å². The molecule has 0 heterocycles. The lowest BCUT2D eigenvalue weighted by Gasteiger charge is -2.09. The minimum atomic E-state index is -0.288. The van der Waals surface area contributed by atoms with Gasteiger partial charge in [0.1, 0.15) is 5.75 Å². The van der Waals surface area contributed by atoms with Crippen LogP contribution in [0, 0.1) is 18.8 Å². The van der Waals surface area contributed by atoms with E-state index >= 15 is 0 Å². The van der Waals surface area contributed by atoms with E-state index in [0.717, 1.165) is 16.9 Å². The summed E-state index contributed by atoms with van der Waals surface area (Å²) in [5, 5.41) is 6.36. The van der Waals surface area contributed by atoms with Gasteiger partial charge in [0, 0.05) is 17.3 Å². The van der Waals surface area contributed by atoms with E-state index in [1.165, 1.54) is 0 Å². The predicted molar refractivity (Wildman–Crippen MR) is 101 cm³/mol. The number of nitrogens with one attached hydrogen (secondary N) is 2. The number of amides is 2. The van der Waals surface area contributed by atoms with Gasteiger partial charge < -0.3 is 15.4 Å². The molecule has 6 heteroatoms. The monoisotopic (exact) mass is 372 g/mol. The molecule has 2 amide bonds. The fourth-order valence-electron chi connectivity index (χ4n) is 2.81. The van der Waals surface area contributed by atoms with Gasteiger partial charge in [-0.1, -0.05) is 29.8 Å². The van der Waals surface area contributed by atoms with Crippen LogP contribution in [0.5, 0.6) is 5.75 Å². The molecule has 0 spiro atoms. The number of carbonyl (C=O) groups excluding carboxylic acids is 2. The van der Waals surface area contributed by atoms with Crippen molar-refractivity contribution in [1.29, 1.82) is 0 Å². The molecule has 1 fully saturated rings. The van der Waals surface area contributed by atoms with Gasteiger partial charge in [0.05, 0.1) is 18.9 Å². The summed E-state index contributed by atoms with van der Waals surface area (Å²) in [5.74, 6) is -0.0175. The molecule has 2 aromatic carbocycles. The van der Waals surface area contributed by atoms with E-state index in [1.54, 1.807) is 25.3 Å². The van der Waals surface area contributed by atoms with Gasteiger partial charge in [-0.2, -0.15) is 0 Å². The normalized spacial score (nSPS) is 18.1. The molecule has 3 rings (SSSR count). The number of hydrogen-bond donors (Lipinski definition) is 2. The maximum absolute atomic E-state index is 12.3. The van der Waals surface area contributed by atoms with Crippen molar-refractivity contribution in [3.05, 3.63) is 58.6 Å². The van der Waals surface area contributed by atoms with Crippen LogP contribution in [0.25, 0.3) is 0 Å². The Morgan fingerprint density at radius 3 is 2.50 bits per heavy atom. The van der Waals surface area contributed by atoms with Gasteiger partial charge in [-0.15, -0.1) is 0 Å². The Bertz CT molecular complexity index is 820. The second-order valence-electron chi connectivity index (χ2n) is 6.42. The lowest BCUT2D eigenvalue weighted by molar-refractivity contribution is -0.125. The quantitative estimate of drug-likeness (QED) is 0.814. The smallest absolute Gasteiger partial charge is 0.228 e. The molecule has 136 valence electrons. The number of methoxy groups -OCH3 is 1. The largest absolute Gasteiger partial charge is 0.497 e. The van der Waals surface area contributed by atoms with Crippen LogP contribution in [-0.4, -0.2) is 18.9 Å². The summed E-state index contributed by atoms with van der Waals surface area (Å²) >= 11 is 6.07. The van der Waals surface area contributed by atoms with E-state index < -0.39 is 0 Å². The van der Waals surface area contributed by atoms with E-state index in [2.05, 4.69) is 10.6 Å². The molecule has 2 N–H and O–H groups in total. The van der Waals surface area contributed by atoms with Crippen LogP contribution in [-0.2, 0) is 16.1 Å². The average molecular weight is 373 g/mol. The zero-order valence-corrected chi connectivity index (χ0v) is 15.5. The molecule has 5 nitrogen and oxygen atoms in total. The molecule has 0 radical (unpaired) electrons. The Labute approximate surface area is 157 Å². The van der Waals surface area contributed by atoms with Crippen LogP contribution in [0.15, 0.2) is 42.5 Å². The first kappa shape index (κ1) is 18.3. The van der Waals surface area contributed by atoms with Crippen molar-refractivity contribution in [1.82, 2.24) is 5.32 Å². The van der Waals surface area contributed by atoms with Crippen molar-refractivity contribution in [2.24, 2.45) is 11.8 Å². The Kier molecular flexibility index (Phi) is 5.47. The molecule has 2 aromatic rings. The summed E-state index contributed by atoms with van der Waals surface area (Å²) < 4.78 is 5.11. The third-order valence-electron chi connectivity index (χ3n) is 4.62. The molecule has 1 aliphatic rings. The standard InChI is InChI=1S/C20H21ClN2O3/c1-12-17(21)4-3-5-18(12)23-20(25)16-10-15(16)19(24)22-11-13-6-8-14(26-2)9-7-13/h3-9,15-16H,10-11H2,1-2H3,(H,22,24)(H,23,25). The van der Waals surface area contributed by atoms with E-state index in [-0.39, 0.29) is 23.7 Å². The first-order valence-electron chi connectivity index (χ1n) is 8.46. The van der Waals surface area contributed by atoms with E-state index in [0.29, 0.717) is 23.7 Å². The lowest BCUT2D eigenvalue weighted by Crippen LogP contribution is -2.27. The molecule has 1 aliphatic carbocycles.